The SMILES string of the molecule is O=C(CN1CCc2sccc2C1)N1CCO[C@@H](c2ccc(F)cc2)C1. The molecule has 0 bridgehead atoms. The highest BCUT2D eigenvalue weighted by Gasteiger charge is 2.27. The zero-order chi connectivity index (χ0) is 17.2. The smallest absolute Gasteiger partial charge is 0.236 e. The molecule has 2 aliphatic rings. The summed E-state index contributed by atoms with van der Waals surface area (Å²) in [4.78, 5) is 18.3. The number of ether oxygens (including phenoxy) is 1. The Balaban J connectivity index is 1.36. The Labute approximate surface area is 150 Å². The van der Waals surface area contributed by atoms with Crippen LogP contribution in [0.5, 0.6) is 0 Å². The van der Waals surface area contributed by atoms with Crippen molar-refractivity contribution in [3.8, 4) is 0 Å². The van der Waals surface area contributed by atoms with Crippen molar-refractivity contribution in [1.29, 1.82) is 0 Å². The number of rotatable bonds is 3. The van der Waals surface area contributed by atoms with Crippen molar-refractivity contribution in [2.45, 2.75) is 19.1 Å². The van der Waals surface area contributed by atoms with Crippen LogP contribution in [0.15, 0.2) is 35.7 Å². The minimum atomic E-state index is -0.259. The summed E-state index contributed by atoms with van der Waals surface area (Å²) in [6, 6.07) is 8.50. The molecule has 1 aromatic heterocycles. The second-order valence-electron chi connectivity index (χ2n) is 6.58. The molecule has 0 spiro atoms. The number of thiophene rings is 1. The largest absolute Gasteiger partial charge is 0.370 e. The van der Waals surface area contributed by atoms with Crippen LogP contribution in [0.1, 0.15) is 22.1 Å². The molecule has 4 nitrogen and oxygen atoms in total. The number of fused-ring (bicyclic) bond motifs is 1. The summed E-state index contributed by atoms with van der Waals surface area (Å²) >= 11 is 1.81. The Morgan fingerprint density at radius 1 is 1.24 bits per heavy atom. The van der Waals surface area contributed by atoms with Gasteiger partial charge in [-0.15, -0.1) is 11.3 Å². The predicted octanol–water partition coefficient (Wildman–Crippen LogP) is 2.85. The summed E-state index contributed by atoms with van der Waals surface area (Å²) in [5.74, 6) is -0.112. The number of nitrogens with zero attached hydrogens (tertiary/aromatic N) is 2. The molecule has 0 aliphatic carbocycles. The van der Waals surface area contributed by atoms with Crippen molar-refractivity contribution in [2.75, 3.05) is 32.8 Å². The van der Waals surface area contributed by atoms with E-state index in [2.05, 4.69) is 16.3 Å². The summed E-state index contributed by atoms with van der Waals surface area (Å²) in [7, 11) is 0. The van der Waals surface area contributed by atoms with Gasteiger partial charge in [0.15, 0.2) is 0 Å². The van der Waals surface area contributed by atoms with Crippen LogP contribution in [0.3, 0.4) is 0 Å². The second kappa shape index (κ2) is 7.23. The summed E-state index contributed by atoms with van der Waals surface area (Å²) in [5.41, 5.74) is 2.27. The quantitative estimate of drug-likeness (QED) is 0.844. The van der Waals surface area contributed by atoms with Gasteiger partial charge in [-0.3, -0.25) is 9.69 Å². The first-order chi connectivity index (χ1) is 12.2. The maximum Gasteiger partial charge on any atom is 0.236 e. The lowest BCUT2D eigenvalue weighted by molar-refractivity contribution is -0.140. The zero-order valence-electron chi connectivity index (χ0n) is 14.0. The number of benzene rings is 1. The first kappa shape index (κ1) is 16.7. The molecule has 1 aromatic carbocycles. The van der Waals surface area contributed by atoms with Crippen LogP contribution in [-0.2, 0) is 22.5 Å². The molecule has 3 heterocycles. The Kier molecular flexibility index (Phi) is 4.83. The summed E-state index contributed by atoms with van der Waals surface area (Å²) in [6.07, 6.45) is 0.852. The van der Waals surface area contributed by atoms with Crippen molar-refractivity contribution in [1.82, 2.24) is 9.80 Å². The van der Waals surface area contributed by atoms with E-state index in [1.54, 1.807) is 12.1 Å². The van der Waals surface area contributed by atoms with Crippen LogP contribution < -0.4 is 0 Å². The average molecular weight is 360 g/mol. The minimum absolute atomic E-state index is 0.147. The van der Waals surface area contributed by atoms with E-state index < -0.39 is 0 Å². The fourth-order valence-corrected chi connectivity index (χ4v) is 4.38. The normalized spacial score (nSPS) is 21.2. The van der Waals surface area contributed by atoms with E-state index in [1.807, 2.05) is 16.2 Å². The fraction of sp³-hybridized carbons (Fsp3) is 0.421. The molecular formula is C19H21FN2O2S. The minimum Gasteiger partial charge on any atom is -0.370 e. The number of morpholine rings is 1. The van der Waals surface area contributed by atoms with Gasteiger partial charge in [-0.05, 0) is 41.1 Å². The molecule has 1 fully saturated rings. The van der Waals surface area contributed by atoms with Crippen molar-refractivity contribution < 1.29 is 13.9 Å². The first-order valence-corrected chi connectivity index (χ1v) is 9.49. The van der Waals surface area contributed by atoms with Gasteiger partial charge in [-0.1, -0.05) is 12.1 Å². The Hall–Kier alpha value is -1.76. The van der Waals surface area contributed by atoms with E-state index in [-0.39, 0.29) is 17.8 Å². The van der Waals surface area contributed by atoms with Crippen LogP contribution in [-0.4, -0.2) is 48.5 Å². The van der Waals surface area contributed by atoms with Crippen LogP contribution in [0, 0.1) is 5.82 Å². The van der Waals surface area contributed by atoms with Crippen molar-refractivity contribution in [3.05, 3.63) is 57.5 Å². The molecule has 25 heavy (non-hydrogen) atoms. The Morgan fingerprint density at radius 2 is 2.08 bits per heavy atom. The number of halogens is 1. The molecule has 4 rings (SSSR count). The molecule has 1 amide bonds. The van der Waals surface area contributed by atoms with Gasteiger partial charge in [0.2, 0.25) is 5.91 Å². The molecule has 1 saturated heterocycles. The van der Waals surface area contributed by atoms with Crippen molar-refractivity contribution >= 4 is 17.2 Å². The van der Waals surface area contributed by atoms with E-state index in [4.69, 9.17) is 4.74 Å². The lowest BCUT2D eigenvalue weighted by atomic mass is 10.1. The van der Waals surface area contributed by atoms with Gasteiger partial charge in [-0.2, -0.15) is 0 Å². The Bertz CT molecular complexity index is 746. The van der Waals surface area contributed by atoms with Crippen molar-refractivity contribution in [2.24, 2.45) is 0 Å². The first-order valence-electron chi connectivity index (χ1n) is 8.61. The molecule has 6 heteroatoms. The zero-order valence-corrected chi connectivity index (χ0v) is 14.8. The van der Waals surface area contributed by atoms with Gasteiger partial charge in [0.1, 0.15) is 11.9 Å². The van der Waals surface area contributed by atoms with Gasteiger partial charge in [0, 0.05) is 24.5 Å². The van der Waals surface area contributed by atoms with Gasteiger partial charge >= 0.3 is 0 Å². The molecule has 0 saturated carbocycles. The fourth-order valence-electron chi connectivity index (χ4n) is 3.49. The van der Waals surface area contributed by atoms with Gasteiger partial charge in [-0.25, -0.2) is 4.39 Å². The van der Waals surface area contributed by atoms with Crippen LogP contribution in [0.2, 0.25) is 0 Å². The van der Waals surface area contributed by atoms with Gasteiger partial charge < -0.3 is 9.64 Å². The lowest BCUT2D eigenvalue weighted by Crippen LogP contribution is -2.47. The highest BCUT2D eigenvalue weighted by atomic mass is 32.1. The van der Waals surface area contributed by atoms with E-state index >= 15 is 0 Å². The molecule has 0 radical (unpaired) electrons. The third-order valence-electron chi connectivity index (χ3n) is 4.91. The van der Waals surface area contributed by atoms with E-state index in [0.717, 1.165) is 25.1 Å². The summed E-state index contributed by atoms with van der Waals surface area (Å²) < 4.78 is 18.9. The van der Waals surface area contributed by atoms with Crippen LogP contribution in [0.4, 0.5) is 4.39 Å². The van der Waals surface area contributed by atoms with Gasteiger partial charge in [0.05, 0.1) is 19.7 Å². The van der Waals surface area contributed by atoms with E-state index in [1.165, 1.54) is 22.6 Å². The highest BCUT2D eigenvalue weighted by molar-refractivity contribution is 7.10. The molecule has 2 aliphatic heterocycles. The average Bonchev–Trinajstić information content (AvgIpc) is 3.10. The van der Waals surface area contributed by atoms with E-state index in [0.29, 0.717) is 26.2 Å². The van der Waals surface area contributed by atoms with Crippen LogP contribution in [0.25, 0.3) is 0 Å². The maximum atomic E-state index is 13.1. The number of amides is 1. The predicted molar refractivity (Wildman–Crippen MR) is 95.0 cm³/mol. The molecule has 2 aromatic rings. The second-order valence-corrected chi connectivity index (χ2v) is 7.58. The van der Waals surface area contributed by atoms with Crippen molar-refractivity contribution in [3.63, 3.8) is 0 Å². The lowest BCUT2D eigenvalue weighted by Gasteiger charge is -2.35. The van der Waals surface area contributed by atoms with Crippen LogP contribution >= 0.6 is 11.3 Å². The summed E-state index contributed by atoms with van der Waals surface area (Å²) in [5, 5.41) is 2.13. The third-order valence-corrected chi connectivity index (χ3v) is 5.93. The standard InChI is InChI=1S/C19H21FN2O2S/c20-16-3-1-14(2-4-16)17-12-22(8-9-24-17)19(23)13-21-7-5-18-15(11-21)6-10-25-18/h1-4,6,10,17H,5,7-9,11-13H2/t17-/m1/s1. The van der Waals surface area contributed by atoms with E-state index in [9.17, 15) is 9.18 Å². The highest BCUT2D eigenvalue weighted by Crippen LogP contribution is 2.25. The van der Waals surface area contributed by atoms with Gasteiger partial charge in [0.25, 0.3) is 0 Å². The number of carbonyl (C=O) groups excluding carboxylic acids is 1. The molecule has 0 unspecified atom stereocenters. The number of hydrogen-bond donors (Lipinski definition) is 0. The summed E-state index contributed by atoms with van der Waals surface area (Å²) in [6.45, 7) is 3.91. The number of carbonyl (C=O) groups is 1. The Morgan fingerprint density at radius 3 is 2.92 bits per heavy atom. The molecular weight excluding hydrogens is 339 g/mol. The molecule has 1 atom stereocenters. The topological polar surface area (TPSA) is 32.8 Å². The molecule has 0 N–H and O–H groups in total. The number of hydrogen-bond acceptors (Lipinski definition) is 4. The monoisotopic (exact) mass is 360 g/mol. The molecule has 132 valence electrons. The third kappa shape index (κ3) is 3.76. The maximum absolute atomic E-state index is 13.1.